The van der Waals surface area contributed by atoms with E-state index in [-0.39, 0.29) is 17.7 Å². The van der Waals surface area contributed by atoms with Crippen LogP contribution in [0.5, 0.6) is 0 Å². The van der Waals surface area contributed by atoms with Crippen molar-refractivity contribution in [1.29, 1.82) is 0 Å². The van der Waals surface area contributed by atoms with Crippen LogP contribution in [0.1, 0.15) is 25.7 Å². The number of aliphatic hydroxyl groups is 1. The SMILES string of the molecule is O=C(NCC1(O)CCCC1)Nc1cccnc1Cl. The second kappa shape index (κ2) is 5.54. The molecule has 0 aromatic carbocycles. The molecule has 1 fully saturated rings. The zero-order valence-electron chi connectivity index (χ0n) is 9.95. The fourth-order valence-corrected chi connectivity index (χ4v) is 2.27. The van der Waals surface area contributed by atoms with Crippen LogP contribution in [0.4, 0.5) is 10.5 Å². The van der Waals surface area contributed by atoms with Crippen LogP contribution in [0.15, 0.2) is 18.3 Å². The summed E-state index contributed by atoms with van der Waals surface area (Å²) in [5.74, 6) is 0. The van der Waals surface area contributed by atoms with Crippen molar-refractivity contribution in [2.75, 3.05) is 11.9 Å². The Bertz CT molecular complexity index is 433. The van der Waals surface area contributed by atoms with E-state index >= 15 is 0 Å². The van der Waals surface area contributed by atoms with Crippen LogP contribution in [0.3, 0.4) is 0 Å². The highest BCUT2D eigenvalue weighted by Crippen LogP contribution is 2.28. The van der Waals surface area contributed by atoms with E-state index in [1.807, 2.05) is 0 Å². The number of nitrogens with one attached hydrogen (secondary N) is 2. The van der Waals surface area contributed by atoms with Gasteiger partial charge < -0.3 is 15.7 Å². The van der Waals surface area contributed by atoms with Crippen LogP contribution in [-0.2, 0) is 0 Å². The molecule has 1 aliphatic rings. The van der Waals surface area contributed by atoms with Gasteiger partial charge in [0.15, 0.2) is 5.15 Å². The van der Waals surface area contributed by atoms with Crippen molar-refractivity contribution < 1.29 is 9.90 Å². The van der Waals surface area contributed by atoms with Crippen molar-refractivity contribution in [3.63, 3.8) is 0 Å². The number of carbonyl (C=O) groups excluding carboxylic acids is 1. The highest BCUT2D eigenvalue weighted by molar-refractivity contribution is 6.32. The highest BCUT2D eigenvalue weighted by atomic mass is 35.5. The third-order valence-electron chi connectivity index (χ3n) is 3.12. The summed E-state index contributed by atoms with van der Waals surface area (Å²) in [6.07, 6.45) is 5.04. The fourth-order valence-electron chi connectivity index (χ4n) is 2.10. The molecule has 2 amide bonds. The van der Waals surface area contributed by atoms with Gasteiger partial charge in [0.05, 0.1) is 11.3 Å². The first-order chi connectivity index (χ1) is 8.59. The summed E-state index contributed by atoms with van der Waals surface area (Å²) < 4.78 is 0. The first-order valence-electron chi connectivity index (χ1n) is 5.97. The second-order valence-corrected chi connectivity index (χ2v) is 4.94. The quantitative estimate of drug-likeness (QED) is 0.736. The van der Waals surface area contributed by atoms with Crippen molar-refractivity contribution in [3.8, 4) is 0 Å². The lowest BCUT2D eigenvalue weighted by atomic mass is 10.0. The van der Waals surface area contributed by atoms with Gasteiger partial charge in [-0.05, 0) is 25.0 Å². The van der Waals surface area contributed by atoms with Gasteiger partial charge in [-0.2, -0.15) is 0 Å². The lowest BCUT2D eigenvalue weighted by molar-refractivity contribution is 0.0506. The van der Waals surface area contributed by atoms with Gasteiger partial charge in [-0.15, -0.1) is 0 Å². The molecule has 2 rings (SSSR count). The van der Waals surface area contributed by atoms with E-state index in [4.69, 9.17) is 11.6 Å². The largest absolute Gasteiger partial charge is 0.388 e. The molecule has 0 bridgehead atoms. The van der Waals surface area contributed by atoms with Crippen LogP contribution in [0.2, 0.25) is 5.15 Å². The molecule has 6 heteroatoms. The van der Waals surface area contributed by atoms with Gasteiger partial charge in [0.2, 0.25) is 0 Å². The minimum absolute atomic E-state index is 0.243. The molecule has 1 heterocycles. The van der Waals surface area contributed by atoms with E-state index in [0.29, 0.717) is 5.69 Å². The summed E-state index contributed by atoms with van der Waals surface area (Å²) in [6, 6.07) is 2.97. The monoisotopic (exact) mass is 269 g/mol. The van der Waals surface area contributed by atoms with Gasteiger partial charge in [-0.1, -0.05) is 24.4 Å². The standard InChI is InChI=1S/C12H16ClN3O2/c13-10-9(4-3-7-14-10)16-11(17)15-8-12(18)5-1-2-6-12/h3-4,7,18H,1-2,5-6,8H2,(H2,15,16,17). The summed E-state index contributed by atoms with van der Waals surface area (Å²) in [6.45, 7) is 0.261. The van der Waals surface area contributed by atoms with Crippen LogP contribution in [0, 0.1) is 0 Å². The first-order valence-corrected chi connectivity index (χ1v) is 6.35. The normalized spacial score (nSPS) is 17.4. The molecule has 1 saturated carbocycles. The fraction of sp³-hybridized carbons (Fsp3) is 0.500. The van der Waals surface area contributed by atoms with E-state index in [9.17, 15) is 9.90 Å². The number of halogens is 1. The number of rotatable bonds is 3. The predicted octanol–water partition coefficient (Wildman–Crippen LogP) is 2.16. The second-order valence-electron chi connectivity index (χ2n) is 4.58. The molecule has 3 N–H and O–H groups in total. The number of anilines is 1. The average Bonchev–Trinajstić information content (AvgIpc) is 2.77. The van der Waals surface area contributed by atoms with E-state index in [0.717, 1.165) is 25.7 Å². The Morgan fingerprint density at radius 3 is 2.89 bits per heavy atom. The van der Waals surface area contributed by atoms with Crippen LogP contribution in [-0.4, -0.2) is 28.3 Å². The number of hydrogen-bond donors (Lipinski definition) is 3. The van der Waals surface area contributed by atoms with Crippen molar-refractivity contribution in [1.82, 2.24) is 10.3 Å². The molecule has 5 nitrogen and oxygen atoms in total. The molecule has 1 aromatic heterocycles. The first kappa shape index (κ1) is 13.1. The zero-order chi connectivity index (χ0) is 13.0. The summed E-state index contributed by atoms with van der Waals surface area (Å²) >= 11 is 5.82. The van der Waals surface area contributed by atoms with Gasteiger partial charge in [0.25, 0.3) is 0 Å². The van der Waals surface area contributed by atoms with Crippen molar-refractivity contribution in [2.45, 2.75) is 31.3 Å². The molecular formula is C12H16ClN3O2. The number of carbonyl (C=O) groups is 1. The summed E-state index contributed by atoms with van der Waals surface area (Å²) in [5.41, 5.74) is -0.300. The smallest absolute Gasteiger partial charge is 0.319 e. The molecule has 1 aliphatic carbocycles. The minimum Gasteiger partial charge on any atom is -0.388 e. The van der Waals surface area contributed by atoms with Gasteiger partial charge in [0.1, 0.15) is 0 Å². The summed E-state index contributed by atoms with van der Waals surface area (Å²) in [7, 11) is 0. The van der Waals surface area contributed by atoms with E-state index in [1.54, 1.807) is 18.3 Å². The maximum Gasteiger partial charge on any atom is 0.319 e. The molecule has 0 aliphatic heterocycles. The van der Waals surface area contributed by atoms with Gasteiger partial charge >= 0.3 is 6.03 Å². The lowest BCUT2D eigenvalue weighted by Crippen LogP contribution is -2.42. The Labute approximate surface area is 111 Å². The van der Waals surface area contributed by atoms with Crippen molar-refractivity contribution in [3.05, 3.63) is 23.5 Å². The van der Waals surface area contributed by atoms with Gasteiger partial charge in [-0.3, -0.25) is 0 Å². The molecule has 1 aromatic rings. The molecule has 0 unspecified atom stereocenters. The predicted molar refractivity (Wildman–Crippen MR) is 69.7 cm³/mol. The Balaban J connectivity index is 1.84. The van der Waals surface area contributed by atoms with Gasteiger partial charge in [0, 0.05) is 12.7 Å². The number of pyridine rings is 1. The Kier molecular flexibility index (Phi) is 4.04. The molecule has 0 saturated heterocycles. The topological polar surface area (TPSA) is 74.2 Å². The number of nitrogens with zero attached hydrogens (tertiary/aromatic N) is 1. The van der Waals surface area contributed by atoms with Crippen LogP contribution in [0.25, 0.3) is 0 Å². The molecule has 0 radical (unpaired) electrons. The molecular weight excluding hydrogens is 254 g/mol. The molecule has 0 spiro atoms. The molecule has 0 atom stereocenters. The highest BCUT2D eigenvalue weighted by Gasteiger charge is 2.31. The zero-order valence-corrected chi connectivity index (χ0v) is 10.7. The number of aromatic nitrogens is 1. The third-order valence-corrected chi connectivity index (χ3v) is 3.42. The maximum atomic E-state index is 11.6. The Morgan fingerprint density at radius 1 is 1.50 bits per heavy atom. The lowest BCUT2D eigenvalue weighted by Gasteiger charge is -2.22. The van der Waals surface area contributed by atoms with Crippen molar-refractivity contribution >= 4 is 23.3 Å². The maximum absolute atomic E-state index is 11.6. The summed E-state index contributed by atoms with van der Waals surface area (Å²) in [4.78, 5) is 15.5. The van der Waals surface area contributed by atoms with E-state index in [1.165, 1.54) is 0 Å². The third kappa shape index (κ3) is 3.34. The van der Waals surface area contributed by atoms with Crippen LogP contribution >= 0.6 is 11.6 Å². The van der Waals surface area contributed by atoms with Crippen molar-refractivity contribution in [2.24, 2.45) is 0 Å². The number of urea groups is 1. The number of amides is 2. The summed E-state index contributed by atoms with van der Waals surface area (Å²) in [5, 5.41) is 15.6. The Hall–Kier alpha value is -1.33. The molecule has 18 heavy (non-hydrogen) atoms. The number of hydrogen-bond acceptors (Lipinski definition) is 3. The van der Waals surface area contributed by atoms with E-state index < -0.39 is 5.60 Å². The van der Waals surface area contributed by atoms with E-state index in [2.05, 4.69) is 15.6 Å². The molecule has 98 valence electrons. The van der Waals surface area contributed by atoms with Crippen LogP contribution < -0.4 is 10.6 Å². The average molecular weight is 270 g/mol. The van der Waals surface area contributed by atoms with Gasteiger partial charge in [-0.25, -0.2) is 9.78 Å². The minimum atomic E-state index is -0.754. The Morgan fingerprint density at radius 2 is 2.22 bits per heavy atom.